The lowest BCUT2D eigenvalue weighted by Crippen LogP contribution is -1.94. The van der Waals surface area contributed by atoms with Gasteiger partial charge < -0.3 is 9.25 Å². The monoisotopic (exact) mass is 322 g/mol. The van der Waals surface area contributed by atoms with Gasteiger partial charge in [-0.25, -0.2) is 9.37 Å². The van der Waals surface area contributed by atoms with E-state index in [0.29, 0.717) is 18.3 Å². The highest BCUT2D eigenvalue weighted by Gasteiger charge is 2.07. The lowest BCUT2D eigenvalue weighted by Gasteiger charge is -2.01. The van der Waals surface area contributed by atoms with Gasteiger partial charge >= 0.3 is 6.08 Å². The number of oxazole rings is 1. The van der Waals surface area contributed by atoms with Gasteiger partial charge in [-0.3, -0.25) is 0 Å². The first-order chi connectivity index (χ1) is 9.99. The standard InChI is InChI=1S/C13H17F3N2O2S/c1-9(2)3-5-19-18-8-10-7-17-13(20-10)21-6-4-11(14)12(15)16/h7-9H,3-6H2,1-2H3/b18-8+. The summed E-state index contributed by atoms with van der Waals surface area (Å²) in [7, 11) is 0. The largest absolute Gasteiger partial charge is 0.430 e. The Morgan fingerprint density at radius 2 is 2.24 bits per heavy atom. The summed E-state index contributed by atoms with van der Waals surface area (Å²) in [5.41, 5.74) is 0. The quantitative estimate of drug-likeness (QED) is 0.288. The molecule has 0 unspecified atom stereocenters. The number of aromatic nitrogens is 1. The van der Waals surface area contributed by atoms with Gasteiger partial charge in [-0.1, -0.05) is 30.8 Å². The highest BCUT2D eigenvalue weighted by atomic mass is 32.2. The summed E-state index contributed by atoms with van der Waals surface area (Å²) < 4.78 is 41.5. The molecule has 0 amide bonds. The zero-order valence-corrected chi connectivity index (χ0v) is 12.6. The predicted molar refractivity (Wildman–Crippen MR) is 75.2 cm³/mol. The zero-order chi connectivity index (χ0) is 15.7. The summed E-state index contributed by atoms with van der Waals surface area (Å²) in [6, 6.07) is 0. The van der Waals surface area contributed by atoms with Crippen LogP contribution in [0.1, 0.15) is 32.4 Å². The predicted octanol–water partition coefficient (Wildman–Crippen LogP) is 4.63. The number of rotatable bonds is 9. The second-order valence-electron chi connectivity index (χ2n) is 4.54. The molecule has 0 aliphatic carbocycles. The number of thioether (sulfide) groups is 1. The number of nitrogens with zero attached hydrogens (tertiary/aromatic N) is 2. The molecule has 0 radical (unpaired) electrons. The topological polar surface area (TPSA) is 47.6 Å². The maximum atomic E-state index is 12.6. The van der Waals surface area contributed by atoms with Crippen LogP contribution in [0.4, 0.5) is 13.2 Å². The molecular formula is C13H17F3N2O2S. The SMILES string of the molecule is CC(C)CCO/N=C/c1cnc(SCCC(F)=C(F)F)o1. The molecular weight excluding hydrogens is 305 g/mol. The van der Waals surface area contributed by atoms with Crippen molar-refractivity contribution in [3.05, 3.63) is 23.9 Å². The number of allylic oxidation sites excluding steroid dienone is 1. The maximum Gasteiger partial charge on any atom is 0.301 e. The van der Waals surface area contributed by atoms with Crippen LogP contribution >= 0.6 is 11.8 Å². The van der Waals surface area contributed by atoms with Crippen molar-refractivity contribution < 1.29 is 22.4 Å². The Labute approximate surface area is 125 Å². The van der Waals surface area contributed by atoms with Crippen molar-refractivity contribution in [1.29, 1.82) is 0 Å². The van der Waals surface area contributed by atoms with E-state index in [0.717, 1.165) is 18.2 Å². The van der Waals surface area contributed by atoms with Crippen molar-refractivity contribution in [2.24, 2.45) is 11.1 Å². The molecule has 8 heteroatoms. The van der Waals surface area contributed by atoms with Crippen LogP contribution in [0.25, 0.3) is 0 Å². The highest BCUT2D eigenvalue weighted by molar-refractivity contribution is 7.99. The summed E-state index contributed by atoms with van der Waals surface area (Å²) >= 11 is 1.05. The Morgan fingerprint density at radius 3 is 2.90 bits per heavy atom. The first-order valence-corrected chi connectivity index (χ1v) is 7.41. The Bertz CT molecular complexity index is 486. The summed E-state index contributed by atoms with van der Waals surface area (Å²) in [6.45, 7) is 4.68. The van der Waals surface area contributed by atoms with E-state index in [2.05, 4.69) is 24.0 Å². The lowest BCUT2D eigenvalue weighted by atomic mass is 10.1. The molecule has 118 valence electrons. The van der Waals surface area contributed by atoms with Crippen LogP contribution < -0.4 is 0 Å². The number of halogens is 3. The number of oxime groups is 1. The van der Waals surface area contributed by atoms with Gasteiger partial charge in [-0.2, -0.15) is 8.78 Å². The summed E-state index contributed by atoms with van der Waals surface area (Å²) in [6.07, 6.45) is 1.06. The zero-order valence-electron chi connectivity index (χ0n) is 11.8. The second-order valence-corrected chi connectivity index (χ2v) is 5.59. The van der Waals surface area contributed by atoms with Crippen molar-refractivity contribution in [3.63, 3.8) is 0 Å². The van der Waals surface area contributed by atoms with E-state index in [1.807, 2.05) is 0 Å². The lowest BCUT2D eigenvalue weighted by molar-refractivity contribution is 0.134. The fraction of sp³-hybridized carbons (Fsp3) is 0.538. The van der Waals surface area contributed by atoms with Crippen molar-refractivity contribution in [3.8, 4) is 0 Å². The van der Waals surface area contributed by atoms with Crippen LogP contribution in [0.5, 0.6) is 0 Å². The van der Waals surface area contributed by atoms with E-state index < -0.39 is 11.9 Å². The average Bonchev–Trinajstić information content (AvgIpc) is 2.85. The third-order valence-electron chi connectivity index (χ3n) is 2.30. The molecule has 1 aromatic heterocycles. The fourth-order valence-electron chi connectivity index (χ4n) is 1.15. The Kier molecular flexibility index (Phi) is 7.96. The molecule has 1 rings (SSSR count). The van der Waals surface area contributed by atoms with Crippen molar-refractivity contribution in [2.45, 2.75) is 31.9 Å². The Hall–Kier alpha value is -1.44. The smallest absolute Gasteiger partial charge is 0.301 e. The minimum atomic E-state index is -2.28. The van der Waals surface area contributed by atoms with Crippen molar-refractivity contribution in [1.82, 2.24) is 4.98 Å². The fourth-order valence-corrected chi connectivity index (χ4v) is 1.89. The Balaban J connectivity index is 2.29. The molecule has 0 spiro atoms. The third-order valence-corrected chi connectivity index (χ3v) is 3.14. The van der Waals surface area contributed by atoms with Gasteiger partial charge in [0.25, 0.3) is 5.22 Å². The van der Waals surface area contributed by atoms with Gasteiger partial charge in [0.2, 0.25) is 0 Å². The van der Waals surface area contributed by atoms with Crippen LogP contribution in [-0.4, -0.2) is 23.6 Å². The van der Waals surface area contributed by atoms with Crippen LogP contribution in [-0.2, 0) is 4.84 Å². The number of hydrogen-bond acceptors (Lipinski definition) is 5. The van der Waals surface area contributed by atoms with E-state index in [1.165, 1.54) is 12.4 Å². The molecule has 0 atom stereocenters. The van der Waals surface area contributed by atoms with E-state index in [-0.39, 0.29) is 17.4 Å². The van der Waals surface area contributed by atoms with Crippen molar-refractivity contribution in [2.75, 3.05) is 12.4 Å². The van der Waals surface area contributed by atoms with Crippen LogP contribution in [0.3, 0.4) is 0 Å². The minimum Gasteiger partial charge on any atom is -0.430 e. The Morgan fingerprint density at radius 1 is 1.48 bits per heavy atom. The molecule has 0 saturated carbocycles. The molecule has 4 nitrogen and oxygen atoms in total. The van der Waals surface area contributed by atoms with Crippen LogP contribution in [0, 0.1) is 5.92 Å². The third kappa shape index (κ3) is 7.79. The van der Waals surface area contributed by atoms with E-state index >= 15 is 0 Å². The molecule has 0 aromatic carbocycles. The van der Waals surface area contributed by atoms with Gasteiger partial charge in [-0.05, 0) is 12.3 Å². The molecule has 0 saturated heterocycles. The van der Waals surface area contributed by atoms with Gasteiger partial charge in [-0.15, -0.1) is 0 Å². The van der Waals surface area contributed by atoms with E-state index in [9.17, 15) is 13.2 Å². The summed E-state index contributed by atoms with van der Waals surface area (Å²) in [4.78, 5) is 8.94. The number of hydrogen-bond donors (Lipinski definition) is 0. The van der Waals surface area contributed by atoms with Gasteiger partial charge in [0, 0.05) is 12.2 Å². The van der Waals surface area contributed by atoms with E-state index in [4.69, 9.17) is 9.25 Å². The molecule has 21 heavy (non-hydrogen) atoms. The first-order valence-electron chi connectivity index (χ1n) is 6.42. The minimum absolute atomic E-state index is 0.116. The molecule has 1 heterocycles. The molecule has 0 aliphatic rings. The average molecular weight is 322 g/mol. The molecule has 0 N–H and O–H groups in total. The molecule has 0 aliphatic heterocycles. The van der Waals surface area contributed by atoms with Gasteiger partial charge in [0.15, 0.2) is 11.6 Å². The summed E-state index contributed by atoms with van der Waals surface area (Å²) in [5.74, 6) is -0.369. The highest BCUT2D eigenvalue weighted by Crippen LogP contribution is 2.22. The van der Waals surface area contributed by atoms with Gasteiger partial charge in [0.1, 0.15) is 12.8 Å². The normalized spacial score (nSPS) is 11.3. The first kappa shape index (κ1) is 17.6. The van der Waals surface area contributed by atoms with Crippen molar-refractivity contribution >= 4 is 18.0 Å². The van der Waals surface area contributed by atoms with E-state index in [1.54, 1.807) is 0 Å². The van der Waals surface area contributed by atoms with Gasteiger partial charge in [0.05, 0.1) is 6.20 Å². The maximum absolute atomic E-state index is 12.6. The summed E-state index contributed by atoms with van der Waals surface area (Å²) in [5, 5.41) is 3.99. The second kappa shape index (κ2) is 9.49. The van der Waals surface area contributed by atoms with Crippen LogP contribution in [0.2, 0.25) is 0 Å². The van der Waals surface area contributed by atoms with Crippen LogP contribution in [0.15, 0.2) is 32.9 Å². The molecule has 0 bridgehead atoms. The molecule has 1 aromatic rings. The molecule has 0 fully saturated rings.